The standard InChI is InChI=1S/C16H19N3O4S2/c20-13-5-1-7-17-15(13)16(21)19-8-2-4-12(11-19)10-18-25(22,23)14-6-3-9-24-14/h1,3,5-7,9,12,18,20H,2,4,8,10-11H2/t12-/m0/s1. The molecule has 2 aromatic heterocycles. The summed E-state index contributed by atoms with van der Waals surface area (Å²) in [7, 11) is -3.50. The van der Waals surface area contributed by atoms with Gasteiger partial charge in [-0.2, -0.15) is 0 Å². The third kappa shape index (κ3) is 4.17. The summed E-state index contributed by atoms with van der Waals surface area (Å²) in [6, 6.07) is 6.24. The van der Waals surface area contributed by atoms with Gasteiger partial charge in [-0.05, 0) is 42.3 Å². The van der Waals surface area contributed by atoms with Crippen molar-refractivity contribution in [2.75, 3.05) is 19.6 Å². The van der Waals surface area contributed by atoms with Crippen molar-refractivity contribution in [2.45, 2.75) is 17.1 Å². The number of likely N-dealkylation sites (tertiary alicyclic amines) is 1. The number of nitrogens with one attached hydrogen (secondary N) is 1. The van der Waals surface area contributed by atoms with Gasteiger partial charge in [-0.15, -0.1) is 11.3 Å². The Morgan fingerprint density at radius 2 is 2.24 bits per heavy atom. The predicted molar refractivity (Wildman–Crippen MR) is 94.0 cm³/mol. The lowest BCUT2D eigenvalue weighted by molar-refractivity contribution is 0.0667. The molecule has 3 rings (SSSR count). The van der Waals surface area contributed by atoms with Gasteiger partial charge >= 0.3 is 0 Å². The van der Waals surface area contributed by atoms with Crippen LogP contribution in [0.4, 0.5) is 0 Å². The van der Waals surface area contributed by atoms with Crippen molar-refractivity contribution in [3.63, 3.8) is 0 Å². The molecular weight excluding hydrogens is 362 g/mol. The number of aromatic nitrogens is 1. The molecule has 9 heteroatoms. The molecule has 0 aliphatic carbocycles. The van der Waals surface area contributed by atoms with Crippen LogP contribution in [0.15, 0.2) is 40.1 Å². The Balaban J connectivity index is 1.62. The molecule has 2 aromatic rings. The zero-order chi connectivity index (χ0) is 17.9. The lowest BCUT2D eigenvalue weighted by Gasteiger charge is -2.32. The van der Waals surface area contributed by atoms with Crippen LogP contribution in [0.2, 0.25) is 0 Å². The van der Waals surface area contributed by atoms with Gasteiger partial charge in [0.25, 0.3) is 5.91 Å². The smallest absolute Gasteiger partial charge is 0.276 e. The molecule has 134 valence electrons. The fraction of sp³-hybridized carbons (Fsp3) is 0.375. The van der Waals surface area contributed by atoms with Gasteiger partial charge in [0.2, 0.25) is 10.0 Å². The Labute approximate surface area is 150 Å². The number of thiophene rings is 1. The first kappa shape index (κ1) is 17.8. The van der Waals surface area contributed by atoms with Crippen molar-refractivity contribution in [3.05, 3.63) is 41.5 Å². The molecule has 0 spiro atoms. The Hall–Kier alpha value is -1.97. The average Bonchev–Trinajstić information content (AvgIpc) is 3.16. The van der Waals surface area contributed by atoms with E-state index in [-0.39, 0.29) is 34.0 Å². The number of carbonyl (C=O) groups excluding carboxylic acids is 1. The molecule has 0 radical (unpaired) electrons. The minimum atomic E-state index is -3.50. The highest BCUT2D eigenvalue weighted by Gasteiger charge is 2.27. The molecule has 0 bridgehead atoms. The number of hydrogen-bond acceptors (Lipinski definition) is 6. The molecule has 1 aliphatic rings. The van der Waals surface area contributed by atoms with Gasteiger partial charge < -0.3 is 10.0 Å². The number of hydrogen-bond donors (Lipinski definition) is 2. The number of pyridine rings is 1. The molecule has 2 N–H and O–H groups in total. The van der Waals surface area contributed by atoms with Gasteiger partial charge in [0, 0.05) is 25.8 Å². The number of carbonyl (C=O) groups is 1. The highest BCUT2D eigenvalue weighted by Crippen LogP contribution is 2.22. The number of amides is 1. The van der Waals surface area contributed by atoms with Crippen molar-refractivity contribution in [2.24, 2.45) is 5.92 Å². The van der Waals surface area contributed by atoms with Crippen molar-refractivity contribution >= 4 is 27.3 Å². The van der Waals surface area contributed by atoms with Gasteiger partial charge in [0.05, 0.1) is 0 Å². The summed E-state index contributed by atoms with van der Waals surface area (Å²) >= 11 is 1.17. The van der Waals surface area contributed by atoms with Crippen LogP contribution in [0.3, 0.4) is 0 Å². The van der Waals surface area contributed by atoms with Gasteiger partial charge in [-0.25, -0.2) is 18.1 Å². The van der Waals surface area contributed by atoms with Gasteiger partial charge in [0.1, 0.15) is 9.96 Å². The van der Waals surface area contributed by atoms with Gasteiger partial charge in [-0.3, -0.25) is 4.79 Å². The molecule has 1 saturated heterocycles. The fourth-order valence-corrected chi connectivity index (χ4v) is 5.00. The summed E-state index contributed by atoms with van der Waals surface area (Å²) in [6.45, 7) is 1.28. The molecule has 0 saturated carbocycles. The molecular formula is C16H19N3O4S2. The summed E-state index contributed by atoms with van der Waals surface area (Å²) in [5.74, 6) is -0.449. The third-order valence-corrected chi connectivity index (χ3v) is 6.94. The van der Waals surface area contributed by atoms with Crippen LogP contribution in [0, 0.1) is 5.92 Å². The molecule has 1 aliphatic heterocycles. The van der Waals surface area contributed by atoms with E-state index in [2.05, 4.69) is 9.71 Å². The lowest BCUT2D eigenvalue weighted by Crippen LogP contribution is -2.43. The first-order chi connectivity index (χ1) is 12.0. The summed E-state index contributed by atoms with van der Waals surface area (Å²) in [5, 5.41) is 11.5. The Bertz CT molecular complexity index is 837. The largest absolute Gasteiger partial charge is 0.505 e. The van der Waals surface area contributed by atoms with Crippen molar-refractivity contribution < 1.29 is 18.3 Å². The van der Waals surface area contributed by atoms with Crippen LogP contribution in [0.25, 0.3) is 0 Å². The van der Waals surface area contributed by atoms with Crippen molar-refractivity contribution in [1.29, 1.82) is 0 Å². The average molecular weight is 381 g/mol. The highest BCUT2D eigenvalue weighted by molar-refractivity contribution is 7.91. The van der Waals surface area contributed by atoms with Crippen LogP contribution in [0.1, 0.15) is 23.3 Å². The molecule has 25 heavy (non-hydrogen) atoms. The molecule has 1 atom stereocenters. The highest BCUT2D eigenvalue weighted by atomic mass is 32.2. The topological polar surface area (TPSA) is 99.6 Å². The maximum atomic E-state index is 12.5. The van der Waals surface area contributed by atoms with E-state index in [4.69, 9.17) is 0 Å². The quantitative estimate of drug-likeness (QED) is 0.821. The number of sulfonamides is 1. The number of piperidine rings is 1. The zero-order valence-corrected chi connectivity index (χ0v) is 15.1. The monoisotopic (exact) mass is 381 g/mol. The van der Waals surface area contributed by atoms with Gasteiger partial charge in [-0.1, -0.05) is 6.07 Å². The summed E-state index contributed by atoms with van der Waals surface area (Å²) < 4.78 is 27.3. The Morgan fingerprint density at radius 1 is 1.40 bits per heavy atom. The van der Waals surface area contributed by atoms with E-state index in [0.29, 0.717) is 13.1 Å². The first-order valence-corrected chi connectivity index (χ1v) is 10.3. The Kier molecular flexibility index (Phi) is 5.36. The van der Waals surface area contributed by atoms with E-state index in [1.807, 2.05) is 0 Å². The SMILES string of the molecule is O=C(c1ncccc1O)N1CCC[C@@H](CNS(=O)(=O)c2cccs2)C1. The normalized spacial score (nSPS) is 18.2. The lowest BCUT2D eigenvalue weighted by atomic mass is 9.98. The minimum absolute atomic E-state index is 0.0262. The molecule has 1 fully saturated rings. The van der Waals surface area contributed by atoms with E-state index in [9.17, 15) is 18.3 Å². The van der Waals surface area contributed by atoms with Gasteiger partial charge in [0.15, 0.2) is 5.69 Å². The molecule has 3 heterocycles. The maximum absolute atomic E-state index is 12.5. The summed E-state index contributed by atoms with van der Waals surface area (Å²) in [6.07, 6.45) is 3.08. The number of nitrogens with zero attached hydrogens (tertiary/aromatic N) is 2. The Morgan fingerprint density at radius 3 is 2.96 bits per heavy atom. The second kappa shape index (κ2) is 7.51. The van der Waals surface area contributed by atoms with E-state index in [1.54, 1.807) is 28.5 Å². The van der Waals surface area contributed by atoms with Crippen molar-refractivity contribution in [1.82, 2.24) is 14.6 Å². The fourth-order valence-electron chi connectivity index (χ4n) is 2.84. The maximum Gasteiger partial charge on any atom is 0.276 e. The van der Waals surface area contributed by atoms with Crippen molar-refractivity contribution in [3.8, 4) is 5.75 Å². The van der Waals surface area contributed by atoms with E-state index < -0.39 is 10.0 Å². The van der Waals surface area contributed by atoms with E-state index >= 15 is 0 Å². The van der Waals surface area contributed by atoms with Crippen LogP contribution in [-0.4, -0.2) is 48.9 Å². The van der Waals surface area contributed by atoms with E-state index in [1.165, 1.54) is 23.6 Å². The van der Waals surface area contributed by atoms with E-state index in [0.717, 1.165) is 12.8 Å². The minimum Gasteiger partial charge on any atom is -0.505 e. The first-order valence-electron chi connectivity index (χ1n) is 7.94. The van der Waals surface area contributed by atoms with Crippen LogP contribution < -0.4 is 4.72 Å². The number of rotatable bonds is 5. The summed E-state index contributed by atoms with van der Waals surface area (Å²) in [4.78, 5) is 18.1. The molecule has 0 unspecified atom stereocenters. The second-order valence-corrected chi connectivity index (χ2v) is 8.86. The van der Waals surface area contributed by atoms with Crippen LogP contribution >= 0.6 is 11.3 Å². The predicted octanol–water partition coefficient (Wildman–Crippen LogP) is 1.68. The van der Waals surface area contributed by atoms with Crippen LogP contribution in [0.5, 0.6) is 5.75 Å². The number of aromatic hydroxyl groups is 1. The molecule has 0 aromatic carbocycles. The molecule has 1 amide bonds. The van der Waals surface area contributed by atoms with Crippen LogP contribution in [-0.2, 0) is 10.0 Å². The molecule has 7 nitrogen and oxygen atoms in total. The third-order valence-electron chi connectivity index (χ3n) is 4.12. The zero-order valence-electron chi connectivity index (χ0n) is 13.5. The second-order valence-electron chi connectivity index (χ2n) is 5.91. The summed E-state index contributed by atoms with van der Waals surface area (Å²) in [5.41, 5.74) is 0.0299.